The summed E-state index contributed by atoms with van der Waals surface area (Å²) in [5.41, 5.74) is 1.13. The van der Waals surface area contributed by atoms with E-state index in [0.717, 1.165) is 0 Å². The van der Waals surface area contributed by atoms with Crippen LogP contribution in [-0.2, 0) is 9.53 Å². The lowest BCUT2D eigenvalue weighted by atomic mass is 9.93. The fourth-order valence-corrected chi connectivity index (χ4v) is 1.59. The molecule has 1 N–H and O–H groups in total. The summed E-state index contributed by atoms with van der Waals surface area (Å²) in [7, 11) is 1.31. The third-order valence-electron chi connectivity index (χ3n) is 2.38. The maximum atomic E-state index is 11.5. The van der Waals surface area contributed by atoms with E-state index in [1.165, 1.54) is 7.11 Å². The summed E-state index contributed by atoms with van der Waals surface area (Å²) in [6.45, 7) is 1.77. The number of methoxy groups -OCH3 is 1. The minimum Gasteiger partial charge on any atom is -0.481 e. The minimum absolute atomic E-state index is 0.00594. The Bertz CT molecular complexity index is 398. The molecular weight excluding hydrogens is 208 g/mol. The molecule has 0 saturated heterocycles. The van der Waals surface area contributed by atoms with Crippen LogP contribution in [0, 0.1) is 0 Å². The highest BCUT2D eigenvalue weighted by Gasteiger charge is 2.17. The predicted molar refractivity (Wildman–Crippen MR) is 58.4 cm³/mol. The Balaban J connectivity index is 3.03. The molecule has 0 saturated carbocycles. The molecule has 1 rings (SSSR count). The van der Waals surface area contributed by atoms with Crippen LogP contribution in [0.4, 0.5) is 0 Å². The monoisotopic (exact) mass is 222 g/mol. The topological polar surface area (TPSA) is 63.6 Å². The van der Waals surface area contributed by atoms with Gasteiger partial charge in [0, 0.05) is 0 Å². The lowest BCUT2D eigenvalue weighted by Crippen LogP contribution is -2.10. The van der Waals surface area contributed by atoms with Gasteiger partial charge in [-0.3, -0.25) is 4.79 Å². The molecule has 4 heteroatoms. The van der Waals surface area contributed by atoms with Crippen LogP contribution in [0.1, 0.15) is 35.2 Å². The summed E-state index contributed by atoms with van der Waals surface area (Å²) < 4.78 is 4.65. The molecule has 16 heavy (non-hydrogen) atoms. The van der Waals surface area contributed by atoms with Crippen molar-refractivity contribution in [3.8, 4) is 0 Å². The van der Waals surface area contributed by atoms with E-state index < -0.39 is 11.9 Å². The standard InChI is InChI=1S/C12H14O4/c1-8(7-11(13)14)9-5-3-4-6-10(9)12(15)16-2/h3-6,8H,7H2,1-2H3,(H,13,14). The molecule has 1 atom stereocenters. The van der Waals surface area contributed by atoms with Gasteiger partial charge in [0.05, 0.1) is 19.1 Å². The Labute approximate surface area is 93.9 Å². The van der Waals surface area contributed by atoms with E-state index in [-0.39, 0.29) is 12.3 Å². The number of carboxylic acid groups (broad SMARTS) is 1. The molecule has 1 aromatic carbocycles. The minimum atomic E-state index is -0.882. The molecule has 0 fully saturated rings. The van der Waals surface area contributed by atoms with E-state index in [9.17, 15) is 9.59 Å². The molecular formula is C12H14O4. The number of carboxylic acids is 1. The Morgan fingerprint density at radius 1 is 1.38 bits per heavy atom. The van der Waals surface area contributed by atoms with Crippen LogP contribution >= 0.6 is 0 Å². The second kappa shape index (κ2) is 5.30. The molecule has 4 nitrogen and oxygen atoms in total. The van der Waals surface area contributed by atoms with E-state index >= 15 is 0 Å². The molecule has 0 amide bonds. The molecule has 0 radical (unpaired) electrons. The fraction of sp³-hybridized carbons (Fsp3) is 0.333. The van der Waals surface area contributed by atoms with Crippen LogP contribution in [0.3, 0.4) is 0 Å². The van der Waals surface area contributed by atoms with Crippen molar-refractivity contribution in [3.63, 3.8) is 0 Å². The van der Waals surface area contributed by atoms with Crippen LogP contribution in [0.25, 0.3) is 0 Å². The molecule has 0 aromatic heterocycles. The number of benzene rings is 1. The number of ether oxygens (including phenoxy) is 1. The Hall–Kier alpha value is -1.84. The quantitative estimate of drug-likeness (QED) is 0.792. The summed E-state index contributed by atoms with van der Waals surface area (Å²) in [5.74, 6) is -1.53. The van der Waals surface area contributed by atoms with Gasteiger partial charge in [-0.05, 0) is 17.5 Å². The third-order valence-corrected chi connectivity index (χ3v) is 2.38. The van der Waals surface area contributed by atoms with E-state index in [4.69, 9.17) is 5.11 Å². The van der Waals surface area contributed by atoms with Crippen LogP contribution in [0.15, 0.2) is 24.3 Å². The van der Waals surface area contributed by atoms with Crippen molar-refractivity contribution in [2.75, 3.05) is 7.11 Å². The van der Waals surface area contributed by atoms with Gasteiger partial charge in [0.2, 0.25) is 0 Å². The van der Waals surface area contributed by atoms with E-state index in [2.05, 4.69) is 4.74 Å². The van der Waals surface area contributed by atoms with Crippen molar-refractivity contribution < 1.29 is 19.4 Å². The zero-order valence-electron chi connectivity index (χ0n) is 9.27. The number of esters is 1. The van der Waals surface area contributed by atoms with E-state index in [1.807, 2.05) is 0 Å². The van der Waals surface area contributed by atoms with Gasteiger partial charge in [-0.15, -0.1) is 0 Å². The van der Waals surface area contributed by atoms with Crippen LogP contribution in [-0.4, -0.2) is 24.2 Å². The van der Waals surface area contributed by atoms with Crippen LogP contribution in [0.5, 0.6) is 0 Å². The lowest BCUT2D eigenvalue weighted by Gasteiger charge is -2.13. The largest absolute Gasteiger partial charge is 0.481 e. The predicted octanol–water partition coefficient (Wildman–Crippen LogP) is 2.05. The van der Waals surface area contributed by atoms with Crippen molar-refractivity contribution in [1.29, 1.82) is 0 Å². The maximum Gasteiger partial charge on any atom is 0.338 e. The van der Waals surface area contributed by atoms with Crippen molar-refractivity contribution in [3.05, 3.63) is 35.4 Å². The molecule has 0 heterocycles. The zero-order chi connectivity index (χ0) is 12.1. The van der Waals surface area contributed by atoms with Gasteiger partial charge in [0.25, 0.3) is 0 Å². The zero-order valence-corrected chi connectivity index (χ0v) is 9.27. The van der Waals surface area contributed by atoms with Crippen LogP contribution < -0.4 is 0 Å². The third kappa shape index (κ3) is 2.82. The highest BCUT2D eigenvalue weighted by molar-refractivity contribution is 5.91. The van der Waals surface area contributed by atoms with Crippen LogP contribution in [0.2, 0.25) is 0 Å². The van der Waals surface area contributed by atoms with Gasteiger partial charge in [0.1, 0.15) is 0 Å². The number of aliphatic carboxylic acids is 1. The lowest BCUT2D eigenvalue weighted by molar-refractivity contribution is -0.137. The van der Waals surface area contributed by atoms with Crippen molar-refractivity contribution in [2.24, 2.45) is 0 Å². The molecule has 86 valence electrons. The van der Waals surface area contributed by atoms with Crippen molar-refractivity contribution in [1.82, 2.24) is 0 Å². The molecule has 0 aliphatic heterocycles. The number of hydrogen-bond donors (Lipinski definition) is 1. The first kappa shape index (κ1) is 12.2. The van der Waals surface area contributed by atoms with Crippen molar-refractivity contribution >= 4 is 11.9 Å². The second-order valence-electron chi connectivity index (χ2n) is 3.58. The summed E-state index contributed by atoms with van der Waals surface area (Å²) in [6.07, 6.45) is -0.00594. The fourth-order valence-electron chi connectivity index (χ4n) is 1.59. The van der Waals surface area contributed by atoms with Gasteiger partial charge in [-0.1, -0.05) is 25.1 Å². The molecule has 0 aliphatic carbocycles. The van der Waals surface area contributed by atoms with Crippen molar-refractivity contribution in [2.45, 2.75) is 19.3 Å². The summed E-state index contributed by atoms with van der Waals surface area (Å²) in [6, 6.07) is 6.89. The second-order valence-corrected chi connectivity index (χ2v) is 3.58. The summed E-state index contributed by atoms with van der Waals surface area (Å²) in [4.78, 5) is 22.1. The number of rotatable bonds is 4. The number of carbonyl (C=O) groups is 2. The van der Waals surface area contributed by atoms with Gasteiger partial charge in [-0.2, -0.15) is 0 Å². The Morgan fingerprint density at radius 3 is 2.56 bits per heavy atom. The van der Waals surface area contributed by atoms with Gasteiger partial charge < -0.3 is 9.84 Å². The summed E-state index contributed by atoms with van der Waals surface area (Å²) >= 11 is 0. The van der Waals surface area contributed by atoms with Gasteiger partial charge in [0.15, 0.2) is 0 Å². The Kier molecular flexibility index (Phi) is 4.05. The molecule has 0 bridgehead atoms. The molecule has 1 unspecified atom stereocenters. The average Bonchev–Trinajstić information content (AvgIpc) is 2.27. The van der Waals surface area contributed by atoms with Gasteiger partial charge in [-0.25, -0.2) is 4.79 Å². The highest BCUT2D eigenvalue weighted by Crippen LogP contribution is 2.23. The highest BCUT2D eigenvalue weighted by atomic mass is 16.5. The molecule has 0 spiro atoms. The first-order valence-electron chi connectivity index (χ1n) is 4.95. The normalized spacial score (nSPS) is 11.9. The SMILES string of the molecule is COC(=O)c1ccccc1C(C)CC(=O)O. The smallest absolute Gasteiger partial charge is 0.338 e. The Morgan fingerprint density at radius 2 is 2.00 bits per heavy atom. The van der Waals surface area contributed by atoms with E-state index in [0.29, 0.717) is 11.1 Å². The number of hydrogen-bond acceptors (Lipinski definition) is 3. The molecule has 0 aliphatic rings. The summed E-state index contributed by atoms with van der Waals surface area (Å²) in [5, 5.41) is 8.72. The number of carbonyl (C=O) groups excluding carboxylic acids is 1. The maximum absolute atomic E-state index is 11.5. The average molecular weight is 222 g/mol. The molecule has 1 aromatic rings. The first-order valence-corrected chi connectivity index (χ1v) is 4.95. The van der Waals surface area contributed by atoms with E-state index in [1.54, 1.807) is 31.2 Å². The van der Waals surface area contributed by atoms with Gasteiger partial charge >= 0.3 is 11.9 Å². The first-order chi connectivity index (χ1) is 7.56.